The summed E-state index contributed by atoms with van der Waals surface area (Å²) in [4.78, 5) is 38.7. The molecule has 0 aliphatic carbocycles. The van der Waals surface area contributed by atoms with Crippen molar-refractivity contribution in [1.29, 1.82) is 5.41 Å². The molecule has 0 radical (unpaired) electrons. The first-order valence-electron chi connectivity index (χ1n) is 8.42. The molecule has 8 nitrogen and oxygen atoms in total. The standard InChI is InChI=1S/C19H20N2O6/c1-9(2)26-17(23)14-15(20)27-10(3)13(16(22)25-4)19(14)11-7-5-6-8-12(11)21-18(19)24/h5-9,14,20H,1-4H3,(H,21,24). The van der Waals surface area contributed by atoms with Gasteiger partial charge in [-0.25, -0.2) is 4.79 Å². The highest BCUT2D eigenvalue weighted by Gasteiger charge is 2.65. The zero-order valence-electron chi connectivity index (χ0n) is 15.4. The van der Waals surface area contributed by atoms with Crippen LogP contribution in [0.1, 0.15) is 26.3 Å². The van der Waals surface area contributed by atoms with Gasteiger partial charge in [-0.2, -0.15) is 0 Å². The van der Waals surface area contributed by atoms with Crippen molar-refractivity contribution in [2.75, 3.05) is 12.4 Å². The molecule has 3 rings (SSSR count). The van der Waals surface area contributed by atoms with E-state index in [1.807, 2.05) is 0 Å². The Kier molecular flexibility index (Phi) is 4.51. The van der Waals surface area contributed by atoms with Crippen LogP contribution < -0.4 is 5.32 Å². The number of fused-ring (bicyclic) bond motifs is 2. The van der Waals surface area contributed by atoms with Crippen molar-refractivity contribution in [3.8, 4) is 0 Å². The molecule has 142 valence electrons. The fraction of sp³-hybridized carbons (Fsp3) is 0.368. The number of ether oxygens (including phenoxy) is 3. The van der Waals surface area contributed by atoms with Gasteiger partial charge in [-0.05, 0) is 32.4 Å². The Labute approximate surface area is 156 Å². The number of para-hydroxylation sites is 1. The molecule has 0 saturated heterocycles. The molecule has 27 heavy (non-hydrogen) atoms. The smallest absolute Gasteiger partial charge is 0.338 e. The lowest BCUT2D eigenvalue weighted by atomic mass is 9.64. The van der Waals surface area contributed by atoms with Crippen molar-refractivity contribution < 1.29 is 28.6 Å². The van der Waals surface area contributed by atoms with Crippen molar-refractivity contribution in [3.63, 3.8) is 0 Å². The third kappa shape index (κ3) is 2.59. The highest BCUT2D eigenvalue weighted by atomic mass is 16.6. The molecular weight excluding hydrogens is 352 g/mol. The normalized spacial score (nSPS) is 23.8. The van der Waals surface area contributed by atoms with Gasteiger partial charge in [0, 0.05) is 5.69 Å². The number of hydrogen-bond acceptors (Lipinski definition) is 7. The van der Waals surface area contributed by atoms with Gasteiger partial charge in [-0.1, -0.05) is 18.2 Å². The molecule has 0 fully saturated rings. The quantitative estimate of drug-likeness (QED) is 0.783. The van der Waals surface area contributed by atoms with E-state index in [9.17, 15) is 14.4 Å². The molecule has 0 bridgehead atoms. The first kappa shape index (κ1) is 18.6. The van der Waals surface area contributed by atoms with E-state index >= 15 is 0 Å². The second-order valence-corrected chi connectivity index (χ2v) is 6.62. The molecule has 8 heteroatoms. The SMILES string of the molecule is COC(=O)C1=C(C)OC(=N)C(C(=O)OC(C)C)C12C(=O)Nc1ccccc12. The summed E-state index contributed by atoms with van der Waals surface area (Å²) in [5.41, 5.74) is -1.06. The monoisotopic (exact) mass is 372 g/mol. The molecule has 1 spiro atoms. The van der Waals surface area contributed by atoms with E-state index in [-0.39, 0.29) is 11.3 Å². The number of rotatable bonds is 3. The zero-order chi connectivity index (χ0) is 19.9. The van der Waals surface area contributed by atoms with Gasteiger partial charge in [0.05, 0.1) is 18.8 Å². The Balaban J connectivity index is 2.35. The summed E-state index contributed by atoms with van der Waals surface area (Å²) in [7, 11) is 1.18. The van der Waals surface area contributed by atoms with E-state index in [4.69, 9.17) is 19.6 Å². The summed E-state index contributed by atoms with van der Waals surface area (Å²) in [5.74, 6) is -4.13. The fourth-order valence-corrected chi connectivity index (χ4v) is 3.70. The van der Waals surface area contributed by atoms with Gasteiger partial charge in [0.25, 0.3) is 0 Å². The van der Waals surface area contributed by atoms with Crippen LogP contribution in [0.5, 0.6) is 0 Å². The van der Waals surface area contributed by atoms with Crippen LogP contribution in [0.15, 0.2) is 35.6 Å². The Bertz CT molecular complexity index is 888. The first-order chi connectivity index (χ1) is 12.7. The molecule has 2 unspecified atom stereocenters. The van der Waals surface area contributed by atoms with Crippen LogP contribution in [-0.4, -0.2) is 37.0 Å². The molecule has 0 saturated carbocycles. The molecule has 2 atom stereocenters. The van der Waals surface area contributed by atoms with Crippen LogP contribution in [-0.2, 0) is 34.0 Å². The fourth-order valence-electron chi connectivity index (χ4n) is 3.70. The molecule has 1 amide bonds. The van der Waals surface area contributed by atoms with Crippen molar-refractivity contribution in [2.45, 2.75) is 32.3 Å². The Morgan fingerprint density at radius 1 is 1.30 bits per heavy atom. The second kappa shape index (κ2) is 6.53. The van der Waals surface area contributed by atoms with Gasteiger partial charge in [-0.15, -0.1) is 0 Å². The van der Waals surface area contributed by atoms with Gasteiger partial charge in [0.15, 0.2) is 5.92 Å². The minimum absolute atomic E-state index is 0.0345. The van der Waals surface area contributed by atoms with Crippen LogP contribution in [0, 0.1) is 11.3 Å². The van der Waals surface area contributed by atoms with Crippen molar-refractivity contribution in [2.24, 2.45) is 5.92 Å². The average Bonchev–Trinajstić information content (AvgIpc) is 2.86. The minimum atomic E-state index is -1.80. The van der Waals surface area contributed by atoms with Crippen LogP contribution in [0.4, 0.5) is 5.69 Å². The third-order valence-electron chi connectivity index (χ3n) is 4.64. The summed E-state index contributed by atoms with van der Waals surface area (Å²) in [6.45, 7) is 4.77. The number of anilines is 1. The Morgan fingerprint density at radius 3 is 2.59 bits per heavy atom. The second-order valence-electron chi connectivity index (χ2n) is 6.62. The predicted octanol–water partition coefficient (Wildman–Crippen LogP) is 1.90. The third-order valence-corrected chi connectivity index (χ3v) is 4.64. The van der Waals surface area contributed by atoms with E-state index in [1.54, 1.807) is 38.1 Å². The van der Waals surface area contributed by atoms with Crippen LogP contribution in [0.3, 0.4) is 0 Å². The molecule has 2 heterocycles. The Hall–Kier alpha value is -3.16. The lowest BCUT2D eigenvalue weighted by molar-refractivity contribution is -0.154. The number of benzene rings is 1. The van der Waals surface area contributed by atoms with E-state index in [0.29, 0.717) is 11.3 Å². The predicted molar refractivity (Wildman–Crippen MR) is 95.0 cm³/mol. The first-order valence-corrected chi connectivity index (χ1v) is 8.42. The summed E-state index contributed by atoms with van der Waals surface area (Å²) in [5, 5.41) is 11.0. The van der Waals surface area contributed by atoms with Gasteiger partial charge in [0.2, 0.25) is 11.8 Å². The maximum Gasteiger partial charge on any atom is 0.338 e. The van der Waals surface area contributed by atoms with Crippen LogP contribution in [0.2, 0.25) is 0 Å². The van der Waals surface area contributed by atoms with E-state index < -0.39 is 41.2 Å². The summed E-state index contributed by atoms with van der Waals surface area (Å²) >= 11 is 0. The lowest BCUT2D eigenvalue weighted by Gasteiger charge is -2.39. The maximum atomic E-state index is 13.2. The molecule has 2 aliphatic heterocycles. The number of carbonyl (C=O) groups excluding carboxylic acids is 3. The highest BCUT2D eigenvalue weighted by molar-refractivity contribution is 6.21. The number of hydrogen-bond donors (Lipinski definition) is 2. The summed E-state index contributed by atoms with van der Waals surface area (Å²) in [6, 6.07) is 6.71. The van der Waals surface area contributed by atoms with Crippen molar-refractivity contribution >= 4 is 29.4 Å². The largest absolute Gasteiger partial charge is 0.466 e. The molecule has 2 aliphatic rings. The lowest BCUT2D eigenvalue weighted by Crippen LogP contribution is -2.56. The van der Waals surface area contributed by atoms with Crippen LogP contribution in [0.25, 0.3) is 0 Å². The number of esters is 2. The molecule has 0 aromatic heterocycles. The van der Waals surface area contributed by atoms with Crippen molar-refractivity contribution in [1.82, 2.24) is 0 Å². The molecule has 1 aromatic carbocycles. The number of methoxy groups -OCH3 is 1. The molecular formula is C19H20N2O6. The van der Waals surface area contributed by atoms with Gasteiger partial charge in [-0.3, -0.25) is 15.0 Å². The number of amides is 1. The average molecular weight is 372 g/mol. The van der Waals surface area contributed by atoms with E-state index in [0.717, 1.165) is 0 Å². The Morgan fingerprint density at radius 2 is 1.96 bits per heavy atom. The minimum Gasteiger partial charge on any atom is -0.466 e. The number of carbonyl (C=O) groups is 3. The van der Waals surface area contributed by atoms with E-state index in [1.165, 1.54) is 14.0 Å². The van der Waals surface area contributed by atoms with Crippen molar-refractivity contribution in [3.05, 3.63) is 41.2 Å². The summed E-state index contributed by atoms with van der Waals surface area (Å²) in [6.07, 6.45) is -0.476. The molecule has 1 aromatic rings. The maximum absolute atomic E-state index is 13.2. The van der Waals surface area contributed by atoms with Crippen LogP contribution >= 0.6 is 0 Å². The number of allylic oxidation sites excluding steroid dienone is 1. The number of nitrogens with one attached hydrogen (secondary N) is 2. The zero-order valence-corrected chi connectivity index (χ0v) is 15.4. The highest BCUT2D eigenvalue weighted by Crippen LogP contribution is 2.52. The van der Waals surface area contributed by atoms with E-state index in [2.05, 4.69) is 5.32 Å². The summed E-state index contributed by atoms with van der Waals surface area (Å²) < 4.78 is 15.5. The molecule has 2 N–H and O–H groups in total. The van der Waals surface area contributed by atoms with Gasteiger partial charge < -0.3 is 19.5 Å². The van der Waals surface area contributed by atoms with Gasteiger partial charge >= 0.3 is 11.9 Å². The topological polar surface area (TPSA) is 115 Å². The van der Waals surface area contributed by atoms with Gasteiger partial charge in [0.1, 0.15) is 11.2 Å².